The van der Waals surface area contributed by atoms with Crippen molar-refractivity contribution >= 4 is 49.8 Å². The van der Waals surface area contributed by atoms with Gasteiger partial charge >= 0.3 is 0 Å². The van der Waals surface area contributed by atoms with Gasteiger partial charge in [0.2, 0.25) is 0 Å². The lowest BCUT2D eigenvalue weighted by Gasteiger charge is -2.28. The van der Waals surface area contributed by atoms with Gasteiger partial charge in [-0.05, 0) is 81.1 Å². The summed E-state index contributed by atoms with van der Waals surface area (Å²) in [4.78, 5) is 2.39. The highest BCUT2D eigenvalue weighted by molar-refractivity contribution is 6.22. The van der Waals surface area contributed by atoms with Gasteiger partial charge < -0.3 is 9.32 Å². The lowest BCUT2D eigenvalue weighted by Crippen LogP contribution is -2.11. The van der Waals surface area contributed by atoms with Crippen LogP contribution in [-0.2, 0) is 0 Å². The van der Waals surface area contributed by atoms with Gasteiger partial charge in [-0.25, -0.2) is 0 Å². The second-order valence-corrected chi connectivity index (χ2v) is 12.1. The van der Waals surface area contributed by atoms with Gasteiger partial charge in [-0.2, -0.15) is 0 Å². The van der Waals surface area contributed by atoms with E-state index < -0.39 is 0 Å². The van der Waals surface area contributed by atoms with Crippen molar-refractivity contribution in [2.24, 2.45) is 0 Å². The van der Waals surface area contributed by atoms with E-state index >= 15 is 0 Å². The number of rotatable bonds is 6. The number of fused-ring (bicyclic) bond motifs is 5. The van der Waals surface area contributed by atoms with Crippen molar-refractivity contribution in [3.8, 4) is 33.4 Å². The second-order valence-electron chi connectivity index (χ2n) is 12.1. The monoisotopic (exact) mass is 613 g/mol. The van der Waals surface area contributed by atoms with E-state index in [4.69, 9.17) is 4.42 Å². The van der Waals surface area contributed by atoms with Crippen LogP contribution < -0.4 is 4.90 Å². The van der Waals surface area contributed by atoms with E-state index in [0.29, 0.717) is 0 Å². The molecule has 0 aliphatic heterocycles. The van der Waals surface area contributed by atoms with Gasteiger partial charge in [-0.1, -0.05) is 146 Å². The Hall–Kier alpha value is -6.38. The lowest BCUT2D eigenvalue weighted by molar-refractivity contribution is 0.669. The molecule has 0 saturated carbocycles. The molecule has 2 nitrogen and oxygen atoms in total. The molecule has 0 radical (unpaired) electrons. The van der Waals surface area contributed by atoms with E-state index in [1.54, 1.807) is 0 Å². The van der Waals surface area contributed by atoms with Gasteiger partial charge in [0.15, 0.2) is 0 Å². The van der Waals surface area contributed by atoms with Crippen molar-refractivity contribution in [2.45, 2.75) is 0 Å². The molecule has 0 fully saturated rings. The molecule has 0 aliphatic carbocycles. The topological polar surface area (TPSA) is 16.4 Å². The summed E-state index contributed by atoms with van der Waals surface area (Å²) in [5.41, 5.74) is 12.1. The zero-order valence-electron chi connectivity index (χ0n) is 26.3. The Balaban J connectivity index is 1.31. The van der Waals surface area contributed by atoms with Crippen LogP contribution >= 0.6 is 0 Å². The first-order valence-electron chi connectivity index (χ1n) is 16.4. The number of hydrogen-bond donors (Lipinski definition) is 0. The molecular formula is C46H31NO. The summed E-state index contributed by atoms with van der Waals surface area (Å²) in [7, 11) is 0. The molecule has 1 aromatic heterocycles. The van der Waals surface area contributed by atoms with E-state index in [-0.39, 0.29) is 0 Å². The van der Waals surface area contributed by atoms with Gasteiger partial charge in [0.05, 0.1) is 5.69 Å². The summed E-state index contributed by atoms with van der Waals surface area (Å²) in [6.45, 7) is 0. The summed E-state index contributed by atoms with van der Waals surface area (Å²) >= 11 is 0. The van der Waals surface area contributed by atoms with Crippen LogP contribution in [0.2, 0.25) is 0 Å². The largest absolute Gasteiger partial charge is 0.456 e. The maximum Gasteiger partial charge on any atom is 0.136 e. The molecule has 0 bridgehead atoms. The van der Waals surface area contributed by atoms with Crippen molar-refractivity contribution in [3.63, 3.8) is 0 Å². The molecule has 226 valence electrons. The molecular weight excluding hydrogens is 583 g/mol. The average molecular weight is 614 g/mol. The maximum atomic E-state index is 6.51. The first-order chi connectivity index (χ1) is 23.8. The number of hydrogen-bond acceptors (Lipinski definition) is 2. The Kier molecular flexibility index (Phi) is 6.84. The Morgan fingerprint density at radius 2 is 0.896 bits per heavy atom. The Morgan fingerprint density at radius 3 is 1.62 bits per heavy atom. The number of para-hydroxylation sites is 2. The fraction of sp³-hybridized carbons (Fsp3) is 0. The van der Waals surface area contributed by atoms with Gasteiger partial charge in [-0.15, -0.1) is 0 Å². The molecule has 2 heteroatoms. The third-order valence-corrected chi connectivity index (χ3v) is 9.27. The fourth-order valence-electron chi connectivity index (χ4n) is 7.01. The summed E-state index contributed by atoms with van der Waals surface area (Å²) in [6.07, 6.45) is 0. The van der Waals surface area contributed by atoms with E-state index in [1.165, 1.54) is 33.2 Å². The molecule has 9 aromatic rings. The predicted octanol–water partition coefficient (Wildman–Crippen LogP) is 13.2. The van der Waals surface area contributed by atoms with Crippen LogP contribution in [0.25, 0.3) is 66.1 Å². The SMILES string of the molecule is c1ccc(-c2ccc(N(c3ccc4c(-c5ccccc5)cc5oc6ccccc6c5c4c3)c3ccccc3-c3ccccc3)cc2)cc1. The van der Waals surface area contributed by atoms with Gasteiger partial charge in [0, 0.05) is 27.7 Å². The molecule has 0 aliphatic rings. The minimum Gasteiger partial charge on any atom is -0.456 e. The van der Waals surface area contributed by atoms with Crippen LogP contribution in [0.3, 0.4) is 0 Å². The first kappa shape index (κ1) is 27.9. The van der Waals surface area contributed by atoms with Gasteiger partial charge in [0.25, 0.3) is 0 Å². The van der Waals surface area contributed by atoms with Crippen molar-refractivity contribution in [3.05, 3.63) is 188 Å². The summed E-state index contributed by atoms with van der Waals surface area (Å²) < 4.78 is 6.51. The molecule has 0 unspecified atom stereocenters. The Bertz CT molecular complexity index is 2530. The molecule has 8 aromatic carbocycles. The molecule has 0 saturated heterocycles. The van der Waals surface area contributed by atoms with Gasteiger partial charge in [-0.3, -0.25) is 0 Å². The minimum absolute atomic E-state index is 0.892. The minimum atomic E-state index is 0.892. The van der Waals surface area contributed by atoms with Crippen molar-refractivity contribution in [1.29, 1.82) is 0 Å². The van der Waals surface area contributed by atoms with Crippen LogP contribution in [0, 0.1) is 0 Å². The third kappa shape index (κ3) is 4.83. The summed E-state index contributed by atoms with van der Waals surface area (Å²) in [6, 6.07) is 66.9. The van der Waals surface area contributed by atoms with E-state index in [0.717, 1.165) is 50.0 Å². The predicted molar refractivity (Wildman–Crippen MR) is 202 cm³/mol. The normalized spacial score (nSPS) is 11.3. The second kappa shape index (κ2) is 11.8. The Morgan fingerprint density at radius 1 is 0.333 bits per heavy atom. The zero-order valence-corrected chi connectivity index (χ0v) is 26.3. The number of benzene rings is 8. The van der Waals surface area contributed by atoms with Crippen molar-refractivity contribution in [2.75, 3.05) is 4.90 Å². The standard InChI is InChI=1S/C46H31NO/c1-4-14-32(15-5-1)33-24-26-36(27-25-33)47(43-22-12-10-20-38(43)34-16-6-2-7-17-34)37-28-29-39-41(35-18-8-3-9-19-35)31-45-46(42(39)30-37)40-21-11-13-23-44(40)48-45/h1-31H. The van der Waals surface area contributed by atoms with Crippen LogP contribution in [-0.4, -0.2) is 0 Å². The van der Waals surface area contributed by atoms with Crippen LogP contribution in [0.5, 0.6) is 0 Å². The van der Waals surface area contributed by atoms with Crippen LogP contribution in [0.4, 0.5) is 17.1 Å². The lowest BCUT2D eigenvalue weighted by atomic mass is 9.94. The van der Waals surface area contributed by atoms with Crippen LogP contribution in [0.15, 0.2) is 192 Å². The van der Waals surface area contributed by atoms with Crippen LogP contribution in [0.1, 0.15) is 0 Å². The molecule has 9 rings (SSSR count). The highest BCUT2D eigenvalue weighted by Gasteiger charge is 2.20. The number of furan rings is 1. The molecule has 0 atom stereocenters. The molecule has 48 heavy (non-hydrogen) atoms. The first-order valence-corrected chi connectivity index (χ1v) is 16.4. The average Bonchev–Trinajstić information content (AvgIpc) is 3.55. The molecule has 0 N–H and O–H groups in total. The molecule has 1 heterocycles. The molecule has 0 spiro atoms. The van der Waals surface area contributed by atoms with Crippen molar-refractivity contribution < 1.29 is 4.42 Å². The smallest absolute Gasteiger partial charge is 0.136 e. The molecule has 0 amide bonds. The van der Waals surface area contributed by atoms with E-state index in [1.807, 2.05) is 6.07 Å². The zero-order chi connectivity index (χ0) is 31.9. The summed E-state index contributed by atoms with van der Waals surface area (Å²) in [5.74, 6) is 0. The van der Waals surface area contributed by atoms with Crippen molar-refractivity contribution in [1.82, 2.24) is 0 Å². The highest BCUT2D eigenvalue weighted by atomic mass is 16.3. The number of anilines is 3. The van der Waals surface area contributed by atoms with Gasteiger partial charge in [0.1, 0.15) is 11.2 Å². The number of nitrogens with zero attached hydrogens (tertiary/aromatic N) is 1. The Labute approximate surface area is 279 Å². The fourth-order valence-corrected chi connectivity index (χ4v) is 7.01. The quantitative estimate of drug-likeness (QED) is 0.185. The van der Waals surface area contributed by atoms with E-state index in [2.05, 4.69) is 187 Å². The maximum absolute atomic E-state index is 6.51. The summed E-state index contributed by atoms with van der Waals surface area (Å²) in [5, 5.41) is 4.62. The highest BCUT2D eigenvalue weighted by Crippen LogP contribution is 2.45. The third-order valence-electron chi connectivity index (χ3n) is 9.27. The van der Waals surface area contributed by atoms with E-state index in [9.17, 15) is 0 Å².